The topological polar surface area (TPSA) is 134 Å². The molecule has 1 aromatic carbocycles. The first-order valence-electron chi connectivity index (χ1n) is 5.29. The van der Waals surface area contributed by atoms with Crippen LogP contribution in [0.3, 0.4) is 0 Å². The number of aliphatic hydroxyl groups excluding tert-OH is 1. The molecule has 0 aliphatic carbocycles. The van der Waals surface area contributed by atoms with Crippen molar-refractivity contribution >= 4 is 11.7 Å². The lowest BCUT2D eigenvalue weighted by Gasteiger charge is -2.08. The molecule has 0 saturated heterocycles. The second kappa shape index (κ2) is 6.58. The molecule has 0 aliphatic heterocycles. The Morgan fingerprint density at radius 2 is 1.94 bits per heavy atom. The Labute approximate surface area is 104 Å². The Bertz CT molecular complexity index is 430. The normalized spacial score (nSPS) is 13.3. The highest BCUT2D eigenvalue weighted by atomic mass is 16.4. The summed E-state index contributed by atoms with van der Waals surface area (Å²) in [6.07, 6.45) is -1.19. The molecule has 1 aromatic rings. The van der Waals surface area contributed by atoms with E-state index in [1.54, 1.807) is 24.3 Å². The second-order valence-electron chi connectivity index (χ2n) is 3.73. The highest BCUT2D eigenvalue weighted by Gasteiger charge is 2.09. The van der Waals surface area contributed by atoms with E-state index in [2.05, 4.69) is 10.5 Å². The van der Waals surface area contributed by atoms with E-state index in [-0.39, 0.29) is 12.4 Å². The Morgan fingerprint density at radius 1 is 1.33 bits per heavy atom. The molecule has 0 spiro atoms. The van der Waals surface area contributed by atoms with Crippen LogP contribution >= 0.6 is 0 Å². The van der Waals surface area contributed by atoms with Gasteiger partial charge in [-0.2, -0.15) is 0 Å². The maximum Gasteiger partial charge on any atom is 0.247 e. The lowest BCUT2D eigenvalue weighted by atomic mass is 10.1. The standard InChI is InChI=1S/C11H16N4O3/c12-10(15-18)8-3-1-7(2-4-8)5-14-6-9(16)11(13)17/h1-4,9,14,16,18H,5-6H2,(H2,12,15)(H2,13,17). The van der Waals surface area contributed by atoms with Gasteiger partial charge in [0.15, 0.2) is 5.84 Å². The minimum atomic E-state index is -1.19. The van der Waals surface area contributed by atoms with Gasteiger partial charge < -0.3 is 27.1 Å². The zero-order chi connectivity index (χ0) is 13.5. The van der Waals surface area contributed by atoms with Gasteiger partial charge in [-0.1, -0.05) is 29.4 Å². The van der Waals surface area contributed by atoms with Gasteiger partial charge in [0.25, 0.3) is 0 Å². The summed E-state index contributed by atoms with van der Waals surface area (Å²) in [6.45, 7) is 0.568. The molecule has 0 heterocycles. The van der Waals surface area contributed by atoms with Crippen molar-refractivity contribution in [3.8, 4) is 0 Å². The first-order chi connectivity index (χ1) is 8.54. The van der Waals surface area contributed by atoms with Crippen LogP contribution < -0.4 is 16.8 Å². The molecule has 7 N–H and O–H groups in total. The van der Waals surface area contributed by atoms with Crippen LogP contribution in [0.2, 0.25) is 0 Å². The number of benzene rings is 1. The molecule has 0 radical (unpaired) electrons. The summed E-state index contributed by atoms with van der Waals surface area (Å²) in [5.41, 5.74) is 11.9. The number of carbonyl (C=O) groups excluding carboxylic acids is 1. The molecule has 0 aliphatic rings. The third kappa shape index (κ3) is 4.04. The van der Waals surface area contributed by atoms with E-state index < -0.39 is 12.0 Å². The van der Waals surface area contributed by atoms with Crippen LogP contribution in [0.1, 0.15) is 11.1 Å². The molecule has 0 saturated carbocycles. The van der Waals surface area contributed by atoms with Gasteiger partial charge in [0, 0.05) is 18.7 Å². The Balaban J connectivity index is 2.47. The van der Waals surface area contributed by atoms with Gasteiger partial charge in [-0.15, -0.1) is 0 Å². The van der Waals surface area contributed by atoms with E-state index in [0.717, 1.165) is 5.56 Å². The van der Waals surface area contributed by atoms with Crippen molar-refractivity contribution in [2.45, 2.75) is 12.6 Å². The van der Waals surface area contributed by atoms with Gasteiger partial charge in [-0.05, 0) is 5.56 Å². The van der Waals surface area contributed by atoms with Gasteiger partial charge in [-0.25, -0.2) is 0 Å². The summed E-state index contributed by atoms with van der Waals surface area (Å²) >= 11 is 0. The number of amidine groups is 1. The van der Waals surface area contributed by atoms with E-state index >= 15 is 0 Å². The highest BCUT2D eigenvalue weighted by Crippen LogP contribution is 2.04. The van der Waals surface area contributed by atoms with Crippen molar-refractivity contribution in [1.29, 1.82) is 0 Å². The second-order valence-corrected chi connectivity index (χ2v) is 3.73. The summed E-state index contributed by atoms with van der Waals surface area (Å²) in [5.74, 6) is -0.719. The van der Waals surface area contributed by atoms with Crippen LogP contribution in [0.5, 0.6) is 0 Å². The fraction of sp³-hybridized carbons (Fsp3) is 0.273. The molecule has 1 rings (SSSR count). The molecule has 18 heavy (non-hydrogen) atoms. The molecule has 1 atom stereocenters. The summed E-state index contributed by atoms with van der Waals surface area (Å²) in [5, 5.41) is 23.4. The summed E-state index contributed by atoms with van der Waals surface area (Å²) < 4.78 is 0. The van der Waals surface area contributed by atoms with Crippen LogP contribution in [-0.2, 0) is 11.3 Å². The van der Waals surface area contributed by atoms with Gasteiger partial charge >= 0.3 is 0 Å². The number of aliphatic hydroxyl groups is 1. The van der Waals surface area contributed by atoms with Gasteiger partial charge in [0.2, 0.25) is 5.91 Å². The van der Waals surface area contributed by atoms with E-state index in [1.165, 1.54) is 0 Å². The number of oxime groups is 1. The van der Waals surface area contributed by atoms with Crippen LogP contribution in [0.25, 0.3) is 0 Å². The predicted octanol–water partition coefficient (Wildman–Crippen LogP) is -1.28. The number of rotatable bonds is 6. The van der Waals surface area contributed by atoms with Crippen molar-refractivity contribution in [2.75, 3.05) is 6.54 Å². The average Bonchev–Trinajstić information content (AvgIpc) is 2.38. The maximum absolute atomic E-state index is 10.6. The maximum atomic E-state index is 10.6. The fourth-order valence-corrected chi connectivity index (χ4v) is 1.30. The molecule has 7 heteroatoms. The predicted molar refractivity (Wildman–Crippen MR) is 65.9 cm³/mol. The molecule has 7 nitrogen and oxygen atoms in total. The Kier molecular flexibility index (Phi) is 5.09. The SMILES string of the molecule is NC(=O)C(O)CNCc1ccc(/C(N)=N/O)cc1. The first-order valence-corrected chi connectivity index (χ1v) is 5.29. The van der Waals surface area contributed by atoms with E-state index in [4.69, 9.17) is 21.8 Å². The van der Waals surface area contributed by atoms with Crippen molar-refractivity contribution < 1.29 is 15.1 Å². The fourth-order valence-electron chi connectivity index (χ4n) is 1.30. The van der Waals surface area contributed by atoms with Gasteiger partial charge in [0.1, 0.15) is 6.10 Å². The molecule has 0 bridgehead atoms. The van der Waals surface area contributed by atoms with E-state index in [9.17, 15) is 4.79 Å². The molecular weight excluding hydrogens is 236 g/mol. The van der Waals surface area contributed by atoms with Crippen molar-refractivity contribution in [3.63, 3.8) is 0 Å². The lowest BCUT2D eigenvalue weighted by molar-refractivity contribution is -0.125. The zero-order valence-corrected chi connectivity index (χ0v) is 9.71. The minimum Gasteiger partial charge on any atom is -0.409 e. The van der Waals surface area contributed by atoms with E-state index in [1.807, 2.05) is 0 Å². The number of nitrogens with zero attached hydrogens (tertiary/aromatic N) is 1. The van der Waals surface area contributed by atoms with Crippen LogP contribution in [0.15, 0.2) is 29.4 Å². The minimum absolute atomic E-state index is 0.0404. The van der Waals surface area contributed by atoms with Gasteiger partial charge in [-0.3, -0.25) is 4.79 Å². The number of carbonyl (C=O) groups is 1. The molecule has 0 aromatic heterocycles. The molecule has 0 fully saturated rings. The summed E-state index contributed by atoms with van der Waals surface area (Å²) in [4.78, 5) is 10.6. The number of nitrogens with one attached hydrogen (secondary N) is 1. The lowest BCUT2D eigenvalue weighted by Crippen LogP contribution is -2.37. The summed E-state index contributed by atoms with van der Waals surface area (Å²) in [7, 11) is 0. The van der Waals surface area contributed by atoms with Crippen LogP contribution in [-0.4, -0.2) is 34.7 Å². The third-order valence-electron chi connectivity index (χ3n) is 2.35. The smallest absolute Gasteiger partial charge is 0.247 e. The number of hydrogen-bond donors (Lipinski definition) is 5. The monoisotopic (exact) mass is 252 g/mol. The largest absolute Gasteiger partial charge is 0.409 e. The first kappa shape index (κ1) is 13.9. The highest BCUT2D eigenvalue weighted by molar-refractivity contribution is 5.96. The van der Waals surface area contributed by atoms with E-state index in [0.29, 0.717) is 12.1 Å². The average molecular weight is 252 g/mol. The quantitative estimate of drug-likeness (QED) is 0.186. The molecular formula is C11H16N4O3. The number of primary amides is 1. The number of amides is 1. The zero-order valence-electron chi connectivity index (χ0n) is 9.71. The Morgan fingerprint density at radius 3 is 2.44 bits per heavy atom. The van der Waals surface area contributed by atoms with Crippen molar-refractivity contribution in [3.05, 3.63) is 35.4 Å². The number of hydrogen-bond acceptors (Lipinski definition) is 5. The third-order valence-corrected chi connectivity index (χ3v) is 2.35. The van der Waals surface area contributed by atoms with Crippen LogP contribution in [0, 0.1) is 0 Å². The van der Waals surface area contributed by atoms with Crippen molar-refractivity contribution in [1.82, 2.24) is 5.32 Å². The molecule has 98 valence electrons. The Hall–Kier alpha value is -2.12. The van der Waals surface area contributed by atoms with Crippen LogP contribution in [0.4, 0.5) is 0 Å². The van der Waals surface area contributed by atoms with Gasteiger partial charge in [0.05, 0.1) is 0 Å². The molecule has 1 unspecified atom stereocenters. The summed E-state index contributed by atoms with van der Waals surface area (Å²) in [6, 6.07) is 6.99. The number of nitrogens with two attached hydrogens (primary N) is 2. The van der Waals surface area contributed by atoms with Crippen molar-refractivity contribution in [2.24, 2.45) is 16.6 Å². The molecule has 1 amide bonds.